The van der Waals surface area contributed by atoms with Crippen LogP contribution in [0.1, 0.15) is 0 Å². The summed E-state index contributed by atoms with van der Waals surface area (Å²) in [5, 5.41) is 10.3. The van der Waals surface area contributed by atoms with Crippen LogP contribution >= 0.6 is 0 Å². The van der Waals surface area contributed by atoms with Crippen LogP contribution in [-0.2, 0) is 0 Å². The van der Waals surface area contributed by atoms with Crippen molar-refractivity contribution in [3.63, 3.8) is 0 Å². The van der Waals surface area contributed by atoms with E-state index in [9.17, 15) is 9.60 Å². The molecule has 2 N–H and O–H groups in total. The van der Waals surface area contributed by atoms with Gasteiger partial charge in [-0.15, -0.1) is 0 Å². The van der Waals surface area contributed by atoms with Crippen molar-refractivity contribution >= 4 is 5.69 Å². The second-order valence-electron chi connectivity index (χ2n) is 2.19. The van der Waals surface area contributed by atoms with Crippen molar-refractivity contribution in [2.24, 2.45) is 0 Å². The summed E-state index contributed by atoms with van der Waals surface area (Å²) in [6.07, 6.45) is 0. The van der Waals surface area contributed by atoms with Crippen LogP contribution in [0.2, 0.25) is 0 Å². The maximum Gasteiger partial charge on any atom is 0.123 e. The lowest BCUT2D eigenvalue weighted by atomic mass is 10.3. The third-order valence-electron chi connectivity index (χ3n) is 1.16. The number of benzene rings is 1. The van der Waals surface area contributed by atoms with Crippen LogP contribution in [0.4, 0.5) is 10.1 Å². The monoisotopic (exact) mass is 156 g/mol. The van der Waals surface area contributed by atoms with Gasteiger partial charge in [-0.2, -0.15) is 0 Å². The van der Waals surface area contributed by atoms with Gasteiger partial charge in [0.15, 0.2) is 0 Å². The zero-order valence-electron chi connectivity index (χ0n) is 6.10. The highest BCUT2D eigenvalue weighted by Gasteiger charge is 1.92. The minimum absolute atomic E-state index is 0.156. The van der Waals surface area contributed by atoms with Gasteiger partial charge in [0.25, 0.3) is 0 Å². The molecule has 1 unspecified atom stereocenters. The summed E-state index contributed by atoms with van der Waals surface area (Å²) in [4.78, 5) is 0. The molecule has 0 radical (unpaired) electrons. The van der Waals surface area contributed by atoms with E-state index < -0.39 is 0 Å². The molecule has 1 rings (SSSR count). The molecule has 0 aliphatic rings. The zero-order valence-corrected chi connectivity index (χ0v) is 6.10. The Morgan fingerprint density at radius 2 is 1.91 bits per heavy atom. The van der Waals surface area contributed by atoms with Gasteiger partial charge in [-0.25, -0.2) is 9.82 Å². The standard InChI is InChI=1S/C7H9FN2O/c1-10(11)9-7-4-2-6(8)3-5-7/h2-5,9-10H,1H3. The van der Waals surface area contributed by atoms with Crippen molar-refractivity contribution in [3.05, 3.63) is 35.3 Å². The molecule has 0 saturated carbocycles. The predicted octanol–water partition coefficient (Wildman–Crippen LogP) is 0.165. The SMILES string of the molecule is C[NH+]([O-])Nc1ccc(F)cc1. The number of halogens is 1. The maximum atomic E-state index is 12.3. The number of hydrogen-bond donors (Lipinski definition) is 2. The second-order valence-corrected chi connectivity index (χ2v) is 2.19. The van der Waals surface area contributed by atoms with Crippen LogP contribution in [0, 0.1) is 11.0 Å². The predicted molar refractivity (Wildman–Crippen MR) is 40.3 cm³/mol. The third-order valence-corrected chi connectivity index (χ3v) is 1.16. The molecule has 1 aromatic carbocycles. The lowest BCUT2D eigenvalue weighted by Crippen LogP contribution is -3.07. The maximum absolute atomic E-state index is 12.3. The first-order valence-corrected chi connectivity index (χ1v) is 3.21. The highest BCUT2D eigenvalue weighted by Crippen LogP contribution is 2.05. The van der Waals surface area contributed by atoms with Gasteiger partial charge in [0, 0.05) is 0 Å². The van der Waals surface area contributed by atoms with E-state index in [2.05, 4.69) is 5.43 Å². The van der Waals surface area contributed by atoms with Gasteiger partial charge in [-0.3, -0.25) is 5.17 Å². The summed E-state index contributed by atoms with van der Waals surface area (Å²) in [6.45, 7) is 0. The topological polar surface area (TPSA) is 39.5 Å². The molecule has 1 atom stereocenters. The fraction of sp³-hybridized carbons (Fsp3) is 0.143. The van der Waals surface area contributed by atoms with E-state index in [4.69, 9.17) is 0 Å². The molecule has 0 bridgehead atoms. The van der Waals surface area contributed by atoms with Gasteiger partial charge < -0.3 is 5.21 Å². The van der Waals surface area contributed by atoms with Gasteiger partial charge in [0.05, 0.1) is 12.7 Å². The van der Waals surface area contributed by atoms with E-state index in [1.165, 1.54) is 31.3 Å². The molecule has 60 valence electrons. The number of nitrogens with one attached hydrogen (secondary N) is 2. The van der Waals surface area contributed by atoms with E-state index >= 15 is 0 Å². The van der Waals surface area contributed by atoms with Crippen molar-refractivity contribution < 1.29 is 9.56 Å². The number of quaternary nitrogens is 1. The summed E-state index contributed by atoms with van der Waals surface area (Å²) in [6, 6.07) is 5.62. The first-order valence-electron chi connectivity index (χ1n) is 3.21. The molecular weight excluding hydrogens is 147 g/mol. The smallest absolute Gasteiger partial charge is 0.123 e. The van der Waals surface area contributed by atoms with E-state index in [-0.39, 0.29) is 11.0 Å². The quantitative estimate of drug-likeness (QED) is 0.599. The molecule has 3 nitrogen and oxygen atoms in total. The first-order chi connectivity index (χ1) is 5.18. The Hall–Kier alpha value is -1.13. The first kappa shape index (κ1) is 7.97. The molecule has 0 heterocycles. The average molecular weight is 156 g/mol. The highest BCUT2D eigenvalue weighted by molar-refractivity contribution is 5.39. The second kappa shape index (κ2) is 3.32. The molecule has 0 spiro atoms. The molecule has 0 aliphatic carbocycles. The average Bonchev–Trinajstić information content (AvgIpc) is 1.93. The highest BCUT2D eigenvalue weighted by atomic mass is 19.1. The Kier molecular flexibility index (Phi) is 2.40. The van der Waals surface area contributed by atoms with Crippen molar-refractivity contribution in [3.8, 4) is 0 Å². The van der Waals surface area contributed by atoms with Gasteiger partial charge in [0.1, 0.15) is 5.82 Å². The Bertz CT molecular complexity index is 222. The molecule has 11 heavy (non-hydrogen) atoms. The largest absolute Gasteiger partial charge is 0.608 e. The van der Waals surface area contributed by atoms with Crippen LogP contribution in [0.5, 0.6) is 0 Å². The molecule has 0 saturated heterocycles. The van der Waals surface area contributed by atoms with Gasteiger partial charge in [-0.1, -0.05) is 0 Å². The Morgan fingerprint density at radius 1 is 1.36 bits per heavy atom. The van der Waals surface area contributed by atoms with E-state index in [1.54, 1.807) is 0 Å². The molecule has 0 aliphatic heterocycles. The minimum Gasteiger partial charge on any atom is -0.608 e. The van der Waals surface area contributed by atoms with Crippen molar-refractivity contribution in [2.45, 2.75) is 0 Å². The molecule has 0 fully saturated rings. The third kappa shape index (κ3) is 2.53. The summed E-state index contributed by atoms with van der Waals surface area (Å²) in [7, 11) is 1.41. The zero-order chi connectivity index (χ0) is 8.27. The van der Waals surface area contributed by atoms with Gasteiger partial charge in [0.2, 0.25) is 0 Å². The van der Waals surface area contributed by atoms with Gasteiger partial charge >= 0.3 is 0 Å². The molecule has 0 amide bonds. The lowest BCUT2D eigenvalue weighted by Gasteiger charge is -2.17. The summed E-state index contributed by atoms with van der Waals surface area (Å²) in [5.41, 5.74) is 3.14. The number of hydroxylamine groups is 1. The van der Waals surface area contributed by atoms with Crippen LogP contribution in [0.25, 0.3) is 0 Å². The van der Waals surface area contributed by atoms with Crippen molar-refractivity contribution in [1.29, 1.82) is 0 Å². The summed E-state index contributed by atoms with van der Waals surface area (Å²) in [5.74, 6) is -0.306. The Balaban J connectivity index is 2.66. The van der Waals surface area contributed by atoms with E-state index in [0.29, 0.717) is 5.69 Å². The van der Waals surface area contributed by atoms with Crippen LogP contribution in [-0.4, -0.2) is 7.05 Å². The van der Waals surface area contributed by atoms with Crippen LogP contribution in [0.3, 0.4) is 0 Å². The van der Waals surface area contributed by atoms with Crippen LogP contribution < -0.4 is 10.6 Å². The molecule has 0 aromatic heterocycles. The minimum atomic E-state index is -0.306. The van der Waals surface area contributed by atoms with Crippen LogP contribution in [0.15, 0.2) is 24.3 Å². The van der Waals surface area contributed by atoms with E-state index in [0.717, 1.165) is 0 Å². The molecule has 1 aromatic rings. The fourth-order valence-electron chi connectivity index (χ4n) is 0.736. The van der Waals surface area contributed by atoms with Crippen molar-refractivity contribution in [2.75, 3.05) is 12.5 Å². The molecular formula is C7H9FN2O. The normalized spacial score (nSPS) is 12.6. The summed E-state index contributed by atoms with van der Waals surface area (Å²) >= 11 is 0. The summed E-state index contributed by atoms with van der Waals surface area (Å²) < 4.78 is 12.3. The lowest BCUT2D eigenvalue weighted by molar-refractivity contribution is -0.800. The van der Waals surface area contributed by atoms with E-state index in [1.807, 2.05) is 0 Å². The van der Waals surface area contributed by atoms with Crippen molar-refractivity contribution in [1.82, 2.24) is 0 Å². The van der Waals surface area contributed by atoms with Gasteiger partial charge in [-0.05, 0) is 24.3 Å². The number of rotatable bonds is 2. The Labute approximate surface area is 64.0 Å². The molecule has 4 heteroatoms. The Morgan fingerprint density at radius 3 is 2.36 bits per heavy atom. The number of hydrogen-bond acceptors (Lipinski definition) is 2. The fourth-order valence-corrected chi connectivity index (χ4v) is 0.736. The number of anilines is 1.